The molecule has 0 radical (unpaired) electrons. The Morgan fingerprint density at radius 1 is 1.40 bits per heavy atom. The van der Waals surface area contributed by atoms with Gasteiger partial charge in [-0.25, -0.2) is 13.8 Å². The van der Waals surface area contributed by atoms with Gasteiger partial charge in [-0.05, 0) is 0 Å². The lowest BCUT2D eigenvalue weighted by Crippen LogP contribution is -2.32. The van der Waals surface area contributed by atoms with Crippen LogP contribution in [0.3, 0.4) is 0 Å². The molecule has 0 saturated heterocycles. The Hall–Kier alpha value is -1.18. The van der Waals surface area contributed by atoms with Crippen molar-refractivity contribution in [3.05, 3.63) is 12.7 Å². The molecule has 0 N–H and O–H groups in total. The van der Waals surface area contributed by atoms with Crippen molar-refractivity contribution in [1.29, 1.82) is 0 Å². The highest BCUT2D eigenvalue weighted by molar-refractivity contribution is 4.67. The quantitative estimate of drug-likeness (QED) is 0.541. The number of aromatic nitrogens is 3. The van der Waals surface area contributed by atoms with E-state index in [1.165, 1.54) is 17.3 Å². The summed E-state index contributed by atoms with van der Waals surface area (Å²) in [6.45, 7) is -1.22. The van der Waals surface area contributed by atoms with Gasteiger partial charge in [0, 0.05) is 0 Å². The van der Waals surface area contributed by atoms with Crippen molar-refractivity contribution in [3.8, 4) is 0 Å². The second kappa shape index (κ2) is 5.06. The van der Waals surface area contributed by atoms with E-state index in [1.54, 1.807) is 0 Å². The highest BCUT2D eigenvalue weighted by Crippen LogP contribution is 2.22. The summed E-state index contributed by atoms with van der Waals surface area (Å²) < 4.78 is 53.7. The molecule has 0 spiro atoms. The highest BCUT2D eigenvalue weighted by Gasteiger charge is 2.40. The van der Waals surface area contributed by atoms with Crippen LogP contribution in [-0.4, -0.2) is 40.3 Å². The van der Waals surface area contributed by atoms with E-state index in [9.17, 15) is 17.6 Å². The maximum atomic E-state index is 12.3. The lowest BCUT2D eigenvalue weighted by molar-refractivity contribution is -0.166. The number of alkyl halides is 4. The van der Waals surface area contributed by atoms with E-state index in [-0.39, 0.29) is 13.2 Å². The standard InChI is InChI=1S/C7H9F4N3O/c8-6(9)7(10,11)3-15-2-1-14-5-12-4-13-14/h4-6H,1-3H2. The second-order valence-electron chi connectivity index (χ2n) is 2.77. The van der Waals surface area contributed by atoms with Gasteiger partial charge < -0.3 is 4.74 Å². The fraction of sp³-hybridized carbons (Fsp3) is 0.714. The van der Waals surface area contributed by atoms with Crippen molar-refractivity contribution < 1.29 is 22.3 Å². The maximum Gasteiger partial charge on any atom is 0.330 e. The molecule has 0 fully saturated rings. The topological polar surface area (TPSA) is 39.9 Å². The van der Waals surface area contributed by atoms with Crippen LogP contribution in [0, 0.1) is 0 Å². The van der Waals surface area contributed by atoms with Gasteiger partial charge in [0.15, 0.2) is 0 Å². The van der Waals surface area contributed by atoms with Crippen LogP contribution in [0.1, 0.15) is 0 Å². The molecule has 1 aromatic rings. The van der Waals surface area contributed by atoms with Gasteiger partial charge in [-0.2, -0.15) is 13.9 Å². The molecule has 0 aliphatic carbocycles. The van der Waals surface area contributed by atoms with E-state index in [2.05, 4.69) is 14.8 Å². The first-order chi connectivity index (χ1) is 7.02. The molecule has 1 rings (SSSR count). The predicted octanol–water partition coefficient (Wildman–Crippen LogP) is 1.20. The Morgan fingerprint density at radius 3 is 2.67 bits per heavy atom. The fourth-order valence-corrected chi connectivity index (χ4v) is 0.778. The summed E-state index contributed by atoms with van der Waals surface area (Å²) in [6, 6.07) is 0. The minimum atomic E-state index is -4.09. The molecule has 0 saturated carbocycles. The lowest BCUT2D eigenvalue weighted by Gasteiger charge is -2.14. The third-order valence-corrected chi connectivity index (χ3v) is 1.55. The number of hydrogen-bond acceptors (Lipinski definition) is 3. The van der Waals surface area contributed by atoms with E-state index in [0.717, 1.165) is 0 Å². The Bertz CT molecular complexity index is 278. The molecule has 0 unspecified atom stereocenters. The third-order valence-electron chi connectivity index (χ3n) is 1.55. The molecule has 0 atom stereocenters. The summed E-state index contributed by atoms with van der Waals surface area (Å²) in [5.74, 6) is -4.09. The molecule has 0 aliphatic rings. The Kier molecular flexibility index (Phi) is 4.01. The largest absolute Gasteiger partial charge is 0.373 e. The van der Waals surface area contributed by atoms with Crippen LogP contribution in [0.4, 0.5) is 17.6 Å². The number of hydrogen-bond donors (Lipinski definition) is 0. The van der Waals surface area contributed by atoms with Gasteiger partial charge in [-0.1, -0.05) is 0 Å². The van der Waals surface area contributed by atoms with E-state index in [4.69, 9.17) is 0 Å². The van der Waals surface area contributed by atoms with Gasteiger partial charge in [0.1, 0.15) is 19.3 Å². The van der Waals surface area contributed by atoms with Crippen LogP contribution < -0.4 is 0 Å². The zero-order chi connectivity index (χ0) is 11.3. The van der Waals surface area contributed by atoms with E-state index in [1.807, 2.05) is 0 Å². The van der Waals surface area contributed by atoms with E-state index in [0.29, 0.717) is 0 Å². The van der Waals surface area contributed by atoms with Gasteiger partial charge in [-0.15, -0.1) is 0 Å². The average molecular weight is 227 g/mol. The lowest BCUT2D eigenvalue weighted by atomic mass is 10.4. The molecule has 0 aromatic carbocycles. The van der Waals surface area contributed by atoms with Crippen molar-refractivity contribution in [2.45, 2.75) is 18.9 Å². The first-order valence-electron chi connectivity index (χ1n) is 4.08. The van der Waals surface area contributed by atoms with Gasteiger partial charge >= 0.3 is 12.3 Å². The van der Waals surface area contributed by atoms with E-state index < -0.39 is 19.0 Å². The van der Waals surface area contributed by atoms with Gasteiger partial charge in [0.05, 0.1) is 13.2 Å². The summed E-state index contributed by atoms with van der Waals surface area (Å²) >= 11 is 0. The van der Waals surface area contributed by atoms with Crippen LogP contribution in [-0.2, 0) is 11.3 Å². The average Bonchev–Trinajstić information content (AvgIpc) is 2.64. The van der Waals surface area contributed by atoms with Crippen LogP contribution in [0.2, 0.25) is 0 Å². The fourth-order valence-electron chi connectivity index (χ4n) is 0.778. The molecular formula is C7H9F4N3O. The zero-order valence-corrected chi connectivity index (χ0v) is 7.62. The maximum absolute atomic E-state index is 12.3. The summed E-state index contributed by atoms with van der Waals surface area (Å²) in [5, 5.41) is 3.68. The van der Waals surface area contributed by atoms with E-state index >= 15 is 0 Å². The van der Waals surface area contributed by atoms with Crippen LogP contribution >= 0.6 is 0 Å². The first kappa shape index (κ1) is 11.9. The zero-order valence-electron chi connectivity index (χ0n) is 7.62. The van der Waals surface area contributed by atoms with Crippen LogP contribution in [0.25, 0.3) is 0 Å². The Balaban J connectivity index is 2.17. The Labute approximate surface area is 82.9 Å². The number of nitrogens with zero attached hydrogens (tertiary/aromatic N) is 3. The normalized spacial score (nSPS) is 12.3. The minimum Gasteiger partial charge on any atom is -0.373 e. The number of ether oxygens (including phenoxy) is 1. The first-order valence-corrected chi connectivity index (χ1v) is 4.08. The molecule has 86 valence electrons. The molecule has 4 nitrogen and oxygen atoms in total. The third kappa shape index (κ3) is 3.82. The molecule has 8 heteroatoms. The predicted molar refractivity (Wildman–Crippen MR) is 41.8 cm³/mol. The van der Waals surface area contributed by atoms with Crippen molar-refractivity contribution in [3.63, 3.8) is 0 Å². The molecule has 15 heavy (non-hydrogen) atoms. The summed E-state index contributed by atoms with van der Waals surface area (Å²) in [6.07, 6.45) is -1.06. The van der Waals surface area contributed by atoms with Crippen molar-refractivity contribution >= 4 is 0 Å². The number of rotatable bonds is 6. The molecule has 0 aliphatic heterocycles. The molecule has 1 heterocycles. The summed E-state index contributed by atoms with van der Waals surface area (Å²) in [5.41, 5.74) is 0. The second-order valence-corrected chi connectivity index (χ2v) is 2.77. The monoisotopic (exact) mass is 227 g/mol. The minimum absolute atomic E-state index is 0.119. The van der Waals surface area contributed by atoms with Crippen LogP contribution in [0.5, 0.6) is 0 Å². The van der Waals surface area contributed by atoms with Gasteiger partial charge in [-0.3, -0.25) is 4.68 Å². The SMILES string of the molecule is FC(F)C(F)(F)COCCn1cncn1. The summed E-state index contributed by atoms with van der Waals surface area (Å²) in [7, 11) is 0. The van der Waals surface area contributed by atoms with Crippen molar-refractivity contribution in [2.75, 3.05) is 13.2 Å². The van der Waals surface area contributed by atoms with Crippen molar-refractivity contribution in [1.82, 2.24) is 14.8 Å². The van der Waals surface area contributed by atoms with Gasteiger partial charge in [0.25, 0.3) is 0 Å². The van der Waals surface area contributed by atoms with Crippen molar-refractivity contribution in [2.24, 2.45) is 0 Å². The summed E-state index contributed by atoms with van der Waals surface area (Å²) in [4.78, 5) is 3.61. The molecule has 0 amide bonds. The molecule has 0 bridgehead atoms. The van der Waals surface area contributed by atoms with Gasteiger partial charge in [0.2, 0.25) is 0 Å². The molecular weight excluding hydrogens is 218 g/mol. The van der Waals surface area contributed by atoms with Crippen LogP contribution in [0.15, 0.2) is 12.7 Å². The highest BCUT2D eigenvalue weighted by atomic mass is 19.3. The smallest absolute Gasteiger partial charge is 0.330 e. The number of halogens is 4. The molecule has 1 aromatic heterocycles. The Morgan fingerprint density at radius 2 is 2.13 bits per heavy atom.